The third-order valence-electron chi connectivity index (χ3n) is 6.41. The van der Waals surface area contributed by atoms with Crippen LogP contribution in [-0.2, 0) is 15.8 Å². The minimum atomic E-state index is -1.04. The maximum absolute atomic E-state index is 13.4. The average Bonchev–Trinajstić information content (AvgIpc) is 3.74. The molecule has 4 atom stereocenters. The summed E-state index contributed by atoms with van der Waals surface area (Å²) in [5.74, 6) is 1.28. The van der Waals surface area contributed by atoms with E-state index in [-0.39, 0.29) is 23.9 Å². The number of piperidine rings is 1. The van der Waals surface area contributed by atoms with Crippen LogP contribution in [0.25, 0.3) is 0 Å². The summed E-state index contributed by atoms with van der Waals surface area (Å²) < 4.78 is 15.1. The Morgan fingerprint density at radius 3 is 2.14 bits per heavy atom. The summed E-state index contributed by atoms with van der Waals surface area (Å²) in [6, 6.07) is 17.4. The molecule has 4 rings (SSSR count). The molecule has 1 aliphatic heterocycles. The summed E-state index contributed by atoms with van der Waals surface area (Å²) in [6.07, 6.45) is 6.64. The van der Waals surface area contributed by atoms with Crippen molar-refractivity contribution in [2.75, 3.05) is 12.3 Å². The first kappa shape index (κ1) is 30.6. The lowest BCUT2D eigenvalue weighted by Gasteiger charge is -2.44. The van der Waals surface area contributed by atoms with E-state index >= 15 is 0 Å². The molecular formula is C29H40Cl2N2O2S. The van der Waals surface area contributed by atoms with Gasteiger partial charge in [-0.25, -0.2) is 8.93 Å². The number of carbonyl (C=O) groups is 1. The van der Waals surface area contributed by atoms with Gasteiger partial charge in [0, 0.05) is 34.3 Å². The van der Waals surface area contributed by atoms with Crippen molar-refractivity contribution in [3.8, 4) is 0 Å². The molecule has 2 fully saturated rings. The van der Waals surface area contributed by atoms with E-state index in [0.717, 1.165) is 36.3 Å². The zero-order valence-electron chi connectivity index (χ0n) is 21.7. The number of allylic oxidation sites excluding steroid dienone is 1. The molecule has 2 unspecified atom stereocenters. The van der Waals surface area contributed by atoms with Gasteiger partial charge in [-0.15, -0.1) is 6.58 Å². The van der Waals surface area contributed by atoms with Crippen LogP contribution in [-0.4, -0.2) is 33.4 Å². The number of amides is 1. The molecule has 1 saturated heterocycles. The van der Waals surface area contributed by atoms with E-state index in [1.807, 2.05) is 81.4 Å². The number of nitrogens with one attached hydrogen (secondary N) is 1. The first-order valence-corrected chi connectivity index (χ1v) is 15.0. The Bertz CT molecular complexity index is 952. The minimum absolute atomic E-state index is 0.00368. The standard InChI is InChI=1S/C21H29ClN2O2S.C6H5Cl.C2H6/c1-3-5-17-10-13-19(15-8-11-18(22)12-9-15)24(21(17)25)20(16-6-7-16)14-23-27(26)4-2;7-6-4-2-1-3-5-6;1-2/h3,8-9,11-12,16-17,19-20,23H,1,4-7,10,13-14H2,2H3;1-5H;1-2H3/t17-,19-,20?,27?;;/m0../s1. The SMILES string of the molecule is C=CC[C@H]1CC[C@@H](c2ccc(Cl)cc2)N(C(CNS(=O)CC)C2CC2)C1=O.CC.Clc1ccccc1. The van der Waals surface area contributed by atoms with E-state index in [0.29, 0.717) is 29.7 Å². The lowest BCUT2D eigenvalue weighted by molar-refractivity contribution is -0.145. The van der Waals surface area contributed by atoms with Gasteiger partial charge in [0.15, 0.2) is 0 Å². The van der Waals surface area contributed by atoms with E-state index in [2.05, 4.69) is 16.2 Å². The van der Waals surface area contributed by atoms with Crippen molar-refractivity contribution in [1.82, 2.24) is 9.62 Å². The highest BCUT2D eigenvalue weighted by Gasteiger charge is 2.44. The molecule has 0 bridgehead atoms. The average molecular weight is 552 g/mol. The van der Waals surface area contributed by atoms with Crippen LogP contribution in [0.4, 0.5) is 0 Å². The third-order valence-corrected chi connectivity index (χ3v) is 7.92. The van der Waals surface area contributed by atoms with Gasteiger partial charge >= 0.3 is 0 Å². The summed E-state index contributed by atoms with van der Waals surface area (Å²) in [5.41, 5.74) is 1.13. The van der Waals surface area contributed by atoms with Crippen molar-refractivity contribution in [2.45, 2.75) is 65.0 Å². The van der Waals surface area contributed by atoms with Crippen LogP contribution in [0, 0.1) is 11.8 Å². The molecule has 1 amide bonds. The van der Waals surface area contributed by atoms with Gasteiger partial charge in [0.2, 0.25) is 5.91 Å². The molecule has 4 nitrogen and oxygen atoms in total. The Balaban J connectivity index is 0.000000431. The topological polar surface area (TPSA) is 49.4 Å². The molecule has 0 spiro atoms. The molecule has 36 heavy (non-hydrogen) atoms. The number of carbonyl (C=O) groups excluding carboxylic acids is 1. The van der Waals surface area contributed by atoms with Crippen molar-refractivity contribution in [1.29, 1.82) is 0 Å². The molecule has 0 radical (unpaired) electrons. The lowest BCUT2D eigenvalue weighted by Crippen LogP contribution is -2.53. The Hall–Kier alpha value is -1.66. The zero-order valence-corrected chi connectivity index (χ0v) is 24.0. The fraction of sp³-hybridized carbons (Fsp3) is 0.483. The molecule has 0 aromatic heterocycles. The van der Waals surface area contributed by atoms with E-state index in [1.165, 1.54) is 0 Å². The van der Waals surface area contributed by atoms with Gasteiger partial charge < -0.3 is 4.90 Å². The summed E-state index contributed by atoms with van der Waals surface area (Å²) in [4.78, 5) is 15.5. The Morgan fingerprint density at radius 2 is 1.64 bits per heavy atom. The number of benzene rings is 2. The van der Waals surface area contributed by atoms with Crippen molar-refractivity contribution >= 4 is 40.1 Å². The largest absolute Gasteiger partial charge is 0.331 e. The number of halogens is 2. The van der Waals surface area contributed by atoms with Crippen molar-refractivity contribution in [3.63, 3.8) is 0 Å². The number of likely N-dealkylation sites (tertiary alicyclic amines) is 1. The van der Waals surface area contributed by atoms with Crippen LogP contribution in [0.15, 0.2) is 67.3 Å². The number of hydrogen-bond donors (Lipinski definition) is 1. The van der Waals surface area contributed by atoms with Crippen LogP contribution >= 0.6 is 23.2 Å². The molecule has 7 heteroatoms. The van der Waals surface area contributed by atoms with E-state index < -0.39 is 11.0 Å². The van der Waals surface area contributed by atoms with E-state index in [4.69, 9.17) is 23.2 Å². The normalized spacial score (nSPS) is 20.8. The van der Waals surface area contributed by atoms with Gasteiger partial charge in [0.25, 0.3) is 0 Å². The van der Waals surface area contributed by atoms with Crippen LogP contribution in [0.1, 0.15) is 64.5 Å². The monoisotopic (exact) mass is 550 g/mol. The van der Waals surface area contributed by atoms with Gasteiger partial charge in [-0.3, -0.25) is 4.79 Å². The quantitative estimate of drug-likeness (QED) is 0.326. The fourth-order valence-electron chi connectivity index (χ4n) is 4.48. The van der Waals surface area contributed by atoms with Gasteiger partial charge in [0.05, 0.1) is 17.0 Å². The Labute approximate surface area is 230 Å². The molecule has 198 valence electrons. The predicted molar refractivity (Wildman–Crippen MR) is 155 cm³/mol. The van der Waals surface area contributed by atoms with Crippen molar-refractivity contribution in [2.24, 2.45) is 11.8 Å². The van der Waals surface area contributed by atoms with Crippen LogP contribution in [0.2, 0.25) is 10.0 Å². The fourth-order valence-corrected chi connectivity index (χ4v) is 5.31. The smallest absolute Gasteiger partial charge is 0.226 e. The first-order valence-electron chi connectivity index (χ1n) is 13.0. The highest BCUT2D eigenvalue weighted by molar-refractivity contribution is 7.82. The number of hydrogen-bond acceptors (Lipinski definition) is 2. The molecular weight excluding hydrogens is 511 g/mol. The Kier molecular flexibility index (Phi) is 13.8. The van der Waals surface area contributed by atoms with Crippen molar-refractivity contribution in [3.05, 3.63) is 82.9 Å². The highest BCUT2D eigenvalue weighted by Crippen LogP contribution is 2.43. The molecule has 1 aliphatic carbocycles. The predicted octanol–water partition coefficient (Wildman–Crippen LogP) is 7.61. The molecule has 2 aromatic rings. The number of nitrogens with zero attached hydrogens (tertiary/aromatic N) is 1. The summed E-state index contributed by atoms with van der Waals surface area (Å²) in [7, 11) is -1.04. The van der Waals surface area contributed by atoms with Gasteiger partial charge in [-0.1, -0.05) is 80.4 Å². The summed E-state index contributed by atoms with van der Waals surface area (Å²) in [6.45, 7) is 10.3. The molecule has 2 aromatic carbocycles. The van der Waals surface area contributed by atoms with Crippen molar-refractivity contribution < 1.29 is 9.00 Å². The summed E-state index contributed by atoms with van der Waals surface area (Å²) in [5, 5.41) is 1.50. The van der Waals surface area contributed by atoms with Crippen LogP contribution < -0.4 is 4.72 Å². The lowest BCUT2D eigenvalue weighted by atomic mass is 9.85. The van der Waals surface area contributed by atoms with E-state index in [1.54, 1.807) is 0 Å². The molecule has 2 aliphatic rings. The highest BCUT2D eigenvalue weighted by atomic mass is 35.5. The van der Waals surface area contributed by atoms with Gasteiger partial charge in [-0.05, 0) is 67.9 Å². The Morgan fingerprint density at radius 1 is 1.03 bits per heavy atom. The molecule has 1 N–H and O–H groups in total. The molecule has 1 heterocycles. The molecule has 1 saturated carbocycles. The second-order valence-corrected chi connectivity index (χ2v) is 11.2. The second kappa shape index (κ2) is 16.2. The summed E-state index contributed by atoms with van der Waals surface area (Å²) >= 11 is 11.6. The second-order valence-electron chi connectivity index (χ2n) is 8.79. The van der Waals surface area contributed by atoms with Crippen LogP contribution in [0.3, 0.4) is 0 Å². The number of rotatable bonds is 9. The first-order chi connectivity index (χ1) is 17.4. The maximum Gasteiger partial charge on any atom is 0.226 e. The maximum atomic E-state index is 13.4. The third kappa shape index (κ3) is 9.33. The van der Waals surface area contributed by atoms with Crippen LogP contribution in [0.5, 0.6) is 0 Å². The zero-order chi connectivity index (χ0) is 26.5. The van der Waals surface area contributed by atoms with Gasteiger partial charge in [0.1, 0.15) is 0 Å². The van der Waals surface area contributed by atoms with Gasteiger partial charge in [-0.2, -0.15) is 0 Å². The van der Waals surface area contributed by atoms with E-state index in [9.17, 15) is 9.00 Å². The minimum Gasteiger partial charge on any atom is -0.331 e.